The van der Waals surface area contributed by atoms with Gasteiger partial charge in [0.15, 0.2) is 0 Å². The number of carboxylic acid groups (broad SMARTS) is 1. The van der Waals surface area contributed by atoms with Gasteiger partial charge in [0.1, 0.15) is 17.4 Å². The van der Waals surface area contributed by atoms with E-state index in [0.29, 0.717) is 11.3 Å². The van der Waals surface area contributed by atoms with Gasteiger partial charge in [-0.15, -0.1) is 0 Å². The number of ether oxygens (including phenoxy) is 1. The topological polar surface area (TPSA) is 88.1 Å². The third kappa shape index (κ3) is 4.27. The highest BCUT2D eigenvalue weighted by molar-refractivity contribution is 5.97. The van der Waals surface area contributed by atoms with Crippen molar-refractivity contribution in [1.29, 1.82) is 5.26 Å². The summed E-state index contributed by atoms with van der Waals surface area (Å²) in [5, 5.41) is 22.9. The normalized spacial score (nSPS) is 11.3. The molecular formula is C22H19N3O3. The molecule has 3 rings (SSSR count). The lowest BCUT2D eigenvalue weighted by Gasteiger charge is -2.09. The molecule has 140 valence electrons. The van der Waals surface area contributed by atoms with Crippen molar-refractivity contribution < 1.29 is 14.6 Å². The second-order valence-electron chi connectivity index (χ2n) is 6.38. The molecule has 6 heteroatoms. The number of nitrogens with zero attached hydrogens (tertiary/aromatic N) is 3. The molecule has 0 spiro atoms. The van der Waals surface area contributed by atoms with Gasteiger partial charge in [0.05, 0.1) is 17.5 Å². The van der Waals surface area contributed by atoms with Crippen molar-refractivity contribution in [2.24, 2.45) is 0 Å². The van der Waals surface area contributed by atoms with Crippen molar-refractivity contribution in [2.45, 2.75) is 20.0 Å². The lowest BCUT2D eigenvalue weighted by molar-refractivity contribution is -0.132. The predicted octanol–water partition coefficient (Wildman–Crippen LogP) is 4.32. The van der Waals surface area contributed by atoms with Gasteiger partial charge < -0.3 is 9.84 Å². The number of rotatable bonds is 6. The van der Waals surface area contributed by atoms with Crippen LogP contribution in [-0.2, 0) is 4.79 Å². The van der Waals surface area contributed by atoms with Gasteiger partial charge in [0, 0.05) is 17.3 Å². The smallest absolute Gasteiger partial charge is 0.346 e. The molecule has 0 atom stereocenters. The molecule has 0 saturated heterocycles. The SMILES string of the molecule is CC(C)Oc1ccc(-c2nn(-c3ccccc3)cc2/C=C(\C#N)C(=O)O)cc1. The average molecular weight is 373 g/mol. The second-order valence-corrected chi connectivity index (χ2v) is 6.38. The van der Waals surface area contributed by atoms with Crippen LogP contribution in [0.4, 0.5) is 0 Å². The first-order chi connectivity index (χ1) is 13.5. The highest BCUT2D eigenvalue weighted by Gasteiger charge is 2.14. The van der Waals surface area contributed by atoms with Gasteiger partial charge in [0.25, 0.3) is 0 Å². The van der Waals surface area contributed by atoms with Gasteiger partial charge in [-0.2, -0.15) is 10.4 Å². The molecule has 2 aromatic carbocycles. The quantitative estimate of drug-likeness (QED) is 0.513. The number of benzene rings is 2. The molecule has 0 aliphatic rings. The summed E-state index contributed by atoms with van der Waals surface area (Å²) in [6.45, 7) is 3.90. The van der Waals surface area contributed by atoms with Gasteiger partial charge in [-0.3, -0.25) is 0 Å². The van der Waals surface area contributed by atoms with Crippen LogP contribution in [0.15, 0.2) is 66.4 Å². The van der Waals surface area contributed by atoms with Gasteiger partial charge in [-0.05, 0) is 56.3 Å². The zero-order chi connectivity index (χ0) is 20.1. The van der Waals surface area contributed by atoms with E-state index in [4.69, 9.17) is 10.00 Å². The molecule has 6 nitrogen and oxygen atoms in total. The fraction of sp³-hybridized carbons (Fsp3) is 0.136. The van der Waals surface area contributed by atoms with Crippen LogP contribution >= 0.6 is 0 Å². The standard InChI is InChI=1S/C22H19N3O3/c1-15(2)28-20-10-8-16(9-11-20)21-18(12-17(13-23)22(26)27)14-25(24-21)19-6-4-3-5-7-19/h3-12,14-15H,1-2H3,(H,26,27)/b17-12+. The molecule has 0 aliphatic heterocycles. The summed E-state index contributed by atoms with van der Waals surface area (Å²) in [6, 6.07) is 18.6. The number of hydrogen-bond acceptors (Lipinski definition) is 4. The Morgan fingerprint density at radius 1 is 1.18 bits per heavy atom. The van der Waals surface area contributed by atoms with E-state index in [0.717, 1.165) is 17.0 Å². The summed E-state index contributed by atoms with van der Waals surface area (Å²) < 4.78 is 7.33. The minimum Gasteiger partial charge on any atom is -0.491 e. The van der Waals surface area contributed by atoms with Crippen LogP contribution in [0.2, 0.25) is 0 Å². The highest BCUT2D eigenvalue weighted by Crippen LogP contribution is 2.27. The average Bonchev–Trinajstić information content (AvgIpc) is 3.10. The molecule has 1 N–H and O–H groups in total. The molecule has 1 aromatic heterocycles. The Morgan fingerprint density at radius 2 is 1.86 bits per heavy atom. The Labute approximate surface area is 162 Å². The maximum atomic E-state index is 11.3. The molecule has 0 radical (unpaired) electrons. The number of nitriles is 1. The molecule has 1 heterocycles. The van der Waals surface area contributed by atoms with Crippen molar-refractivity contribution in [3.8, 4) is 28.8 Å². The van der Waals surface area contributed by atoms with Crippen LogP contribution in [0.25, 0.3) is 23.0 Å². The Bertz CT molecular complexity index is 1040. The van der Waals surface area contributed by atoms with E-state index in [1.807, 2.05) is 68.4 Å². The van der Waals surface area contributed by atoms with E-state index in [9.17, 15) is 9.90 Å². The second kappa shape index (κ2) is 8.23. The van der Waals surface area contributed by atoms with Crippen molar-refractivity contribution in [1.82, 2.24) is 9.78 Å². The van der Waals surface area contributed by atoms with Crippen LogP contribution < -0.4 is 4.74 Å². The van der Waals surface area contributed by atoms with Crippen molar-refractivity contribution >= 4 is 12.0 Å². The number of para-hydroxylation sites is 1. The zero-order valence-corrected chi connectivity index (χ0v) is 15.5. The minimum atomic E-state index is -1.28. The van der Waals surface area contributed by atoms with Crippen LogP contribution in [0.5, 0.6) is 5.75 Å². The van der Waals surface area contributed by atoms with E-state index >= 15 is 0 Å². The highest BCUT2D eigenvalue weighted by atomic mass is 16.5. The molecule has 0 amide bonds. The van der Waals surface area contributed by atoms with Crippen LogP contribution in [0.1, 0.15) is 19.4 Å². The Hall–Kier alpha value is -3.85. The molecular weight excluding hydrogens is 354 g/mol. The number of carbonyl (C=O) groups is 1. The van der Waals surface area contributed by atoms with E-state index in [-0.39, 0.29) is 11.7 Å². The Kier molecular flexibility index (Phi) is 5.56. The molecule has 0 fully saturated rings. The van der Waals surface area contributed by atoms with Crippen molar-refractivity contribution in [3.63, 3.8) is 0 Å². The summed E-state index contributed by atoms with van der Waals surface area (Å²) in [5.74, 6) is -0.539. The van der Waals surface area contributed by atoms with Gasteiger partial charge >= 0.3 is 5.97 Å². The minimum absolute atomic E-state index is 0.0652. The number of carboxylic acids is 1. The lowest BCUT2D eigenvalue weighted by atomic mass is 10.1. The third-order valence-electron chi connectivity index (χ3n) is 3.91. The summed E-state index contributed by atoms with van der Waals surface area (Å²) in [6.07, 6.45) is 3.11. The predicted molar refractivity (Wildman–Crippen MR) is 106 cm³/mol. The Balaban J connectivity index is 2.09. The number of hydrogen-bond donors (Lipinski definition) is 1. The van der Waals surface area contributed by atoms with Crippen molar-refractivity contribution in [3.05, 3.63) is 71.9 Å². The van der Waals surface area contributed by atoms with E-state index in [2.05, 4.69) is 5.10 Å². The van der Waals surface area contributed by atoms with E-state index in [1.54, 1.807) is 16.9 Å². The first kappa shape index (κ1) is 18.9. The summed E-state index contributed by atoms with van der Waals surface area (Å²) >= 11 is 0. The first-order valence-corrected chi connectivity index (χ1v) is 8.75. The van der Waals surface area contributed by atoms with Crippen LogP contribution in [0, 0.1) is 11.3 Å². The zero-order valence-electron chi connectivity index (χ0n) is 15.5. The van der Waals surface area contributed by atoms with E-state index < -0.39 is 5.97 Å². The lowest BCUT2D eigenvalue weighted by Crippen LogP contribution is -2.05. The molecule has 0 bridgehead atoms. The molecule has 0 saturated carbocycles. The monoisotopic (exact) mass is 373 g/mol. The largest absolute Gasteiger partial charge is 0.491 e. The third-order valence-corrected chi connectivity index (χ3v) is 3.91. The van der Waals surface area contributed by atoms with Crippen LogP contribution in [-0.4, -0.2) is 27.0 Å². The van der Waals surface area contributed by atoms with Gasteiger partial charge in [-0.1, -0.05) is 18.2 Å². The van der Waals surface area contributed by atoms with Gasteiger partial charge in [-0.25, -0.2) is 9.48 Å². The number of aliphatic carboxylic acids is 1. The van der Waals surface area contributed by atoms with Gasteiger partial charge in [0.2, 0.25) is 0 Å². The molecule has 3 aromatic rings. The molecule has 28 heavy (non-hydrogen) atoms. The van der Waals surface area contributed by atoms with E-state index in [1.165, 1.54) is 6.08 Å². The van der Waals surface area contributed by atoms with Crippen LogP contribution in [0.3, 0.4) is 0 Å². The Morgan fingerprint density at radius 3 is 2.43 bits per heavy atom. The summed E-state index contributed by atoms with van der Waals surface area (Å²) in [7, 11) is 0. The maximum absolute atomic E-state index is 11.3. The maximum Gasteiger partial charge on any atom is 0.346 e. The summed E-state index contributed by atoms with van der Waals surface area (Å²) in [5.41, 5.74) is 2.39. The summed E-state index contributed by atoms with van der Waals surface area (Å²) in [4.78, 5) is 11.3. The molecule has 0 aliphatic carbocycles. The van der Waals surface area contributed by atoms with Crippen molar-refractivity contribution in [2.75, 3.05) is 0 Å². The fourth-order valence-electron chi connectivity index (χ4n) is 2.69. The number of aromatic nitrogens is 2. The first-order valence-electron chi connectivity index (χ1n) is 8.75. The fourth-order valence-corrected chi connectivity index (χ4v) is 2.69. The molecule has 0 unspecified atom stereocenters.